The Morgan fingerprint density at radius 2 is 2.00 bits per heavy atom. The third-order valence-electron chi connectivity index (χ3n) is 2.73. The highest BCUT2D eigenvalue weighted by atomic mass is 16.4. The van der Waals surface area contributed by atoms with Crippen LogP contribution in [0, 0.1) is 0 Å². The molecule has 0 radical (unpaired) electrons. The summed E-state index contributed by atoms with van der Waals surface area (Å²) in [4.78, 5) is 23.1. The molecular weight excluding hydrogens is 198 g/mol. The molecule has 1 unspecified atom stereocenters. The minimum atomic E-state index is -0.820. The van der Waals surface area contributed by atoms with Crippen molar-refractivity contribution in [3.05, 3.63) is 0 Å². The Morgan fingerprint density at radius 3 is 2.60 bits per heavy atom. The SMILES string of the molecule is O=C(O)CCCN1CCCCC1C(=O)O. The van der Waals surface area contributed by atoms with Gasteiger partial charge in [-0.2, -0.15) is 0 Å². The van der Waals surface area contributed by atoms with Crippen molar-refractivity contribution in [2.24, 2.45) is 0 Å². The summed E-state index contributed by atoms with van der Waals surface area (Å²) in [7, 11) is 0. The number of carboxylic acids is 2. The molecular formula is C10H17NO4. The number of likely N-dealkylation sites (tertiary alicyclic amines) is 1. The second-order valence-corrected chi connectivity index (χ2v) is 3.88. The van der Waals surface area contributed by atoms with Gasteiger partial charge in [0, 0.05) is 6.42 Å². The Morgan fingerprint density at radius 1 is 1.27 bits per heavy atom. The molecule has 1 aliphatic rings. The fourth-order valence-electron chi connectivity index (χ4n) is 1.97. The number of rotatable bonds is 5. The molecule has 1 aliphatic heterocycles. The minimum absolute atomic E-state index is 0.114. The first-order valence-corrected chi connectivity index (χ1v) is 5.30. The number of carbonyl (C=O) groups is 2. The summed E-state index contributed by atoms with van der Waals surface area (Å²) < 4.78 is 0. The van der Waals surface area contributed by atoms with Gasteiger partial charge in [-0.25, -0.2) is 0 Å². The fraction of sp³-hybridized carbons (Fsp3) is 0.800. The van der Waals surface area contributed by atoms with Gasteiger partial charge in [0.25, 0.3) is 0 Å². The van der Waals surface area contributed by atoms with Gasteiger partial charge >= 0.3 is 11.9 Å². The van der Waals surface area contributed by atoms with Crippen LogP contribution in [0.4, 0.5) is 0 Å². The molecule has 0 amide bonds. The normalized spacial score (nSPS) is 22.5. The molecule has 5 nitrogen and oxygen atoms in total. The molecule has 1 rings (SSSR count). The van der Waals surface area contributed by atoms with Crippen LogP contribution in [0.5, 0.6) is 0 Å². The van der Waals surface area contributed by atoms with Gasteiger partial charge in [-0.05, 0) is 32.4 Å². The summed E-state index contributed by atoms with van der Waals surface area (Å²) in [6.07, 6.45) is 3.29. The second-order valence-electron chi connectivity index (χ2n) is 3.88. The van der Waals surface area contributed by atoms with Crippen molar-refractivity contribution >= 4 is 11.9 Å². The van der Waals surface area contributed by atoms with Gasteiger partial charge in [-0.3, -0.25) is 14.5 Å². The zero-order valence-electron chi connectivity index (χ0n) is 8.69. The van der Waals surface area contributed by atoms with Crippen molar-refractivity contribution in [2.75, 3.05) is 13.1 Å². The number of carboxylic acid groups (broad SMARTS) is 2. The van der Waals surface area contributed by atoms with E-state index in [0.29, 0.717) is 19.4 Å². The maximum atomic E-state index is 10.9. The van der Waals surface area contributed by atoms with E-state index in [1.165, 1.54) is 0 Å². The van der Waals surface area contributed by atoms with Gasteiger partial charge in [-0.1, -0.05) is 6.42 Å². The zero-order chi connectivity index (χ0) is 11.3. The van der Waals surface area contributed by atoms with Gasteiger partial charge in [0.05, 0.1) is 0 Å². The zero-order valence-corrected chi connectivity index (χ0v) is 8.69. The van der Waals surface area contributed by atoms with Gasteiger partial charge in [-0.15, -0.1) is 0 Å². The highest BCUT2D eigenvalue weighted by molar-refractivity contribution is 5.73. The first-order valence-electron chi connectivity index (χ1n) is 5.30. The predicted molar refractivity (Wildman–Crippen MR) is 53.7 cm³/mol. The highest BCUT2D eigenvalue weighted by Gasteiger charge is 2.27. The third-order valence-corrected chi connectivity index (χ3v) is 2.73. The molecule has 1 atom stereocenters. The Labute approximate surface area is 88.7 Å². The van der Waals surface area contributed by atoms with E-state index in [4.69, 9.17) is 10.2 Å². The molecule has 0 aromatic heterocycles. The summed E-state index contributed by atoms with van der Waals surface area (Å²) in [6.45, 7) is 1.35. The lowest BCUT2D eigenvalue weighted by Gasteiger charge is -2.32. The van der Waals surface area contributed by atoms with Crippen LogP contribution in [0.2, 0.25) is 0 Å². The second kappa shape index (κ2) is 5.70. The topological polar surface area (TPSA) is 77.8 Å². The fourth-order valence-corrected chi connectivity index (χ4v) is 1.97. The number of nitrogens with zero attached hydrogens (tertiary/aromatic N) is 1. The number of piperidine rings is 1. The molecule has 1 heterocycles. The van der Waals surface area contributed by atoms with Crippen molar-refractivity contribution in [3.63, 3.8) is 0 Å². The van der Waals surface area contributed by atoms with Crippen molar-refractivity contribution in [2.45, 2.75) is 38.1 Å². The van der Waals surface area contributed by atoms with Crippen LogP contribution in [-0.2, 0) is 9.59 Å². The van der Waals surface area contributed by atoms with E-state index in [9.17, 15) is 9.59 Å². The molecule has 0 aliphatic carbocycles. The first-order chi connectivity index (χ1) is 7.11. The van der Waals surface area contributed by atoms with Crippen molar-refractivity contribution in [1.29, 1.82) is 0 Å². The molecule has 1 fully saturated rings. The molecule has 0 spiro atoms. The van der Waals surface area contributed by atoms with Gasteiger partial charge in [0.15, 0.2) is 0 Å². The Kier molecular flexibility index (Phi) is 4.55. The lowest BCUT2D eigenvalue weighted by atomic mass is 10.0. The Bertz CT molecular complexity index is 242. The standard InChI is InChI=1S/C10H17NO4/c12-9(13)5-3-7-11-6-2-1-4-8(11)10(14)15/h8H,1-7H2,(H,12,13)(H,14,15). The van der Waals surface area contributed by atoms with E-state index in [-0.39, 0.29) is 6.42 Å². The first kappa shape index (κ1) is 12.0. The van der Waals surface area contributed by atoms with E-state index in [0.717, 1.165) is 19.4 Å². The third kappa shape index (κ3) is 3.87. The average Bonchev–Trinajstić information content (AvgIpc) is 2.17. The summed E-state index contributed by atoms with van der Waals surface area (Å²) >= 11 is 0. The monoisotopic (exact) mass is 215 g/mol. The molecule has 0 aromatic carbocycles. The van der Waals surface area contributed by atoms with Crippen LogP contribution < -0.4 is 0 Å². The lowest BCUT2D eigenvalue weighted by molar-refractivity contribution is -0.144. The van der Waals surface area contributed by atoms with Gasteiger partial charge < -0.3 is 10.2 Å². The molecule has 2 N–H and O–H groups in total. The highest BCUT2D eigenvalue weighted by Crippen LogP contribution is 2.17. The average molecular weight is 215 g/mol. The van der Waals surface area contributed by atoms with Crippen LogP contribution in [-0.4, -0.2) is 46.2 Å². The quantitative estimate of drug-likeness (QED) is 0.709. The summed E-state index contributed by atoms with van der Waals surface area (Å²) in [5, 5.41) is 17.4. The molecule has 5 heteroatoms. The van der Waals surface area contributed by atoms with E-state index < -0.39 is 18.0 Å². The predicted octanol–water partition coefficient (Wildman–Crippen LogP) is 0.790. The number of hydrogen-bond acceptors (Lipinski definition) is 3. The van der Waals surface area contributed by atoms with E-state index in [1.54, 1.807) is 0 Å². The van der Waals surface area contributed by atoms with Crippen molar-refractivity contribution < 1.29 is 19.8 Å². The van der Waals surface area contributed by atoms with Gasteiger partial charge in [0.1, 0.15) is 6.04 Å². The van der Waals surface area contributed by atoms with E-state index in [2.05, 4.69) is 0 Å². The van der Waals surface area contributed by atoms with Crippen LogP contribution in [0.3, 0.4) is 0 Å². The van der Waals surface area contributed by atoms with E-state index in [1.807, 2.05) is 4.90 Å². The van der Waals surface area contributed by atoms with Crippen molar-refractivity contribution in [1.82, 2.24) is 4.90 Å². The molecule has 0 aromatic rings. The summed E-state index contributed by atoms with van der Waals surface area (Å²) in [6, 6.07) is -0.410. The number of hydrogen-bond donors (Lipinski definition) is 2. The maximum Gasteiger partial charge on any atom is 0.320 e. The minimum Gasteiger partial charge on any atom is -0.481 e. The lowest BCUT2D eigenvalue weighted by Crippen LogP contribution is -2.45. The molecule has 0 saturated carbocycles. The molecule has 0 bridgehead atoms. The van der Waals surface area contributed by atoms with Crippen LogP contribution in [0.25, 0.3) is 0 Å². The van der Waals surface area contributed by atoms with Crippen molar-refractivity contribution in [3.8, 4) is 0 Å². The number of aliphatic carboxylic acids is 2. The molecule has 15 heavy (non-hydrogen) atoms. The molecule has 86 valence electrons. The Balaban J connectivity index is 2.36. The summed E-state index contributed by atoms with van der Waals surface area (Å²) in [5.74, 6) is -1.61. The maximum absolute atomic E-state index is 10.9. The Hall–Kier alpha value is -1.10. The molecule has 1 saturated heterocycles. The van der Waals surface area contributed by atoms with E-state index >= 15 is 0 Å². The van der Waals surface area contributed by atoms with Crippen LogP contribution in [0.1, 0.15) is 32.1 Å². The summed E-state index contributed by atoms with van der Waals surface area (Å²) in [5.41, 5.74) is 0. The van der Waals surface area contributed by atoms with Crippen LogP contribution in [0.15, 0.2) is 0 Å². The largest absolute Gasteiger partial charge is 0.481 e. The van der Waals surface area contributed by atoms with Gasteiger partial charge in [0.2, 0.25) is 0 Å². The van der Waals surface area contributed by atoms with Crippen LogP contribution >= 0.6 is 0 Å². The smallest absolute Gasteiger partial charge is 0.320 e.